The number of nitrogens with zero attached hydrogens (tertiary/aromatic N) is 2. The molecule has 0 radical (unpaired) electrons. The molecule has 2 aliphatic heterocycles. The lowest BCUT2D eigenvalue weighted by atomic mass is 9.64. The van der Waals surface area contributed by atoms with Gasteiger partial charge in [0.25, 0.3) is 5.91 Å². The summed E-state index contributed by atoms with van der Waals surface area (Å²) < 4.78 is 27.4. The Balaban J connectivity index is 1.45. The van der Waals surface area contributed by atoms with Crippen molar-refractivity contribution >= 4 is 33.6 Å². The number of carbonyl (C=O) groups excluding carboxylic acids is 3. The molecule has 1 saturated carbocycles. The lowest BCUT2D eigenvalue weighted by Gasteiger charge is -2.43. The van der Waals surface area contributed by atoms with Gasteiger partial charge in [-0.25, -0.2) is 13.2 Å². The Hall–Kier alpha value is -2.46. The molecule has 1 aromatic carbocycles. The molecular formula is C24H34N4O5S. The van der Waals surface area contributed by atoms with E-state index in [0.29, 0.717) is 31.6 Å². The largest absolute Gasteiger partial charge is 0.325 e. The number of sulfonamides is 1. The second-order valence-electron chi connectivity index (χ2n) is 10.8. The van der Waals surface area contributed by atoms with Gasteiger partial charge in [-0.05, 0) is 61.6 Å². The summed E-state index contributed by atoms with van der Waals surface area (Å²) in [4.78, 5) is 39.7. The third-order valence-electron chi connectivity index (χ3n) is 7.00. The first-order valence-corrected chi connectivity index (χ1v) is 13.4. The van der Waals surface area contributed by atoms with Crippen LogP contribution in [0.1, 0.15) is 59.3 Å². The van der Waals surface area contributed by atoms with E-state index >= 15 is 0 Å². The number of urea groups is 1. The van der Waals surface area contributed by atoms with Gasteiger partial charge in [0.05, 0.1) is 4.90 Å². The zero-order chi connectivity index (χ0) is 24.7. The van der Waals surface area contributed by atoms with E-state index in [-0.39, 0.29) is 22.1 Å². The van der Waals surface area contributed by atoms with E-state index < -0.39 is 34.0 Å². The summed E-state index contributed by atoms with van der Waals surface area (Å²) >= 11 is 0. The van der Waals surface area contributed by atoms with Crippen LogP contribution in [0.25, 0.3) is 0 Å². The van der Waals surface area contributed by atoms with Crippen LogP contribution in [0.2, 0.25) is 0 Å². The van der Waals surface area contributed by atoms with Crippen LogP contribution in [0.5, 0.6) is 0 Å². The summed E-state index contributed by atoms with van der Waals surface area (Å²) in [7, 11) is -3.64. The molecule has 3 fully saturated rings. The topological polar surface area (TPSA) is 116 Å². The minimum Gasteiger partial charge on any atom is -0.324 e. The first kappa shape index (κ1) is 24.7. The molecule has 1 aromatic rings. The van der Waals surface area contributed by atoms with Crippen LogP contribution in [0, 0.1) is 11.3 Å². The van der Waals surface area contributed by atoms with E-state index in [9.17, 15) is 22.8 Å². The highest BCUT2D eigenvalue weighted by Gasteiger charge is 2.56. The molecule has 1 aliphatic carbocycles. The molecule has 9 nitrogen and oxygen atoms in total. The number of anilines is 1. The molecule has 4 amide bonds. The van der Waals surface area contributed by atoms with Crippen LogP contribution < -0.4 is 10.6 Å². The summed E-state index contributed by atoms with van der Waals surface area (Å²) in [6.45, 7) is 6.80. The number of rotatable bonds is 5. The zero-order valence-electron chi connectivity index (χ0n) is 20.1. The summed E-state index contributed by atoms with van der Waals surface area (Å²) in [5.41, 5.74) is -0.766. The van der Waals surface area contributed by atoms with E-state index in [0.717, 1.165) is 30.6 Å². The molecule has 186 valence electrons. The number of carbonyl (C=O) groups is 3. The van der Waals surface area contributed by atoms with Crippen molar-refractivity contribution in [2.24, 2.45) is 11.3 Å². The second-order valence-corrected chi connectivity index (χ2v) is 12.7. The molecule has 4 rings (SSSR count). The number of hydrogen-bond acceptors (Lipinski definition) is 5. The van der Waals surface area contributed by atoms with Gasteiger partial charge in [-0.2, -0.15) is 4.31 Å². The van der Waals surface area contributed by atoms with E-state index in [2.05, 4.69) is 31.4 Å². The standard InChI is InChI=1S/C24H34N4O5S/c1-17-13-23(2,3)16-24(14-17)21(30)28(22(31)26-24)15-20(29)25-18-8-7-9-19(12-18)34(32,33)27-10-5-4-6-11-27/h7-9,12,17H,4-6,10-11,13-16H2,1-3H3,(H,25,29)(H,26,31)/t17-,24-/m1/s1. The third kappa shape index (κ3) is 4.84. The highest BCUT2D eigenvalue weighted by atomic mass is 32.2. The molecule has 2 N–H and O–H groups in total. The fourth-order valence-electron chi connectivity index (χ4n) is 5.98. The van der Waals surface area contributed by atoms with Gasteiger partial charge in [0.1, 0.15) is 12.1 Å². The average Bonchev–Trinajstić information content (AvgIpc) is 2.96. The third-order valence-corrected chi connectivity index (χ3v) is 8.89. The maximum atomic E-state index is 13.3. The van der Waals surface area contributed by atoms with Gasteiger partial charge in [0.2, 0.25) is 15.9 Å². The number of amides is 4. The van der Waals surface area contributed by atoms with E-state index in [1.807, 2.05) is 0 Å². The Labute approximate surface area is 201 Å². The molecule has 0 bridgehead atoms. The summed E-state index contributed by atoms with van der Waals surface area (Å²) in [5, 5.41) is 5.51. The highest BCUT2D eigenvalue weighted by molar-refractivity contribution is 7.89. The fraction of sp³-hybridized carbons (Fsp3) is 0.625. The quantitative estimate of drug-likeness (QED) is 0.616. The van der Waals surface area contributed by atoms with Gasteiger partial charge < -0.3 is 10.6 Å². The van der Waals surface area contributed by atoms with Gasteiger partial charge in [-0.3, -0.25) is 14.5 Å². The summed E-state index contributed by atoms with van der Waals surface area (Å²) in [6.07, 6.45) is 4.73. The predicted octanol–water partition coefficient (Wildman–Crippen LogP) is 2.94. The van der Waals surface area contributed by atoms with Crippen LogP contribution in [-0.2, 0) is 19.6 Å². The molecule has 0 aromatic heterocycles. The molecule has 10 heteroatoms. The zero-order valence-corrected chi connectivity index (χ0v) is 20.9. The van der Waals surface area contributed by atoms with Crippen molar-refractivity contribution in [2.75, 3.05) is 25.0 Å². The first-order valence-electron chi connectivity index (χ1n) is 12.0. The molecule has 34 heavy (non-hydrogen) atoms. The van der Waals surface area contributed by atoms with Crippen LogP contribution >= 0.6 is 0 Å². The number of benzene rings is 1. The van der Waals surface area contributed by atoms with E-state index in [1.165, 1.54) is 16.4 Å². The van der Waals surface area contributed by atoms with Gasteiger partial charge >= 0.3 is 6.03 Å². The van der Waals surface area contributed by atoms with Crippen molar-refractivity contribution in [1.29, 1.82) is 0 Å². The second kappa shape index (κ2) is 8.96. The molecule has 2 heterocycles. The van der Waals surface area contributed by atoms with E-state index in [1.54, 1.807) is 12.1 Å². The van der Waals surface area contributed by atoms with Crippen molar-refractivity contribution in [3.8, 4) is 0 Å². The van der Waals surface area contributed by atoms with Crippen molar-refractivity contribution in [2.45, 2.75) is 69.7 Å². The Bertz CT molecular complexity index is 1100. The fourth-order valence-corrected chi connectivity index (χ4v) is 7.55. The molecule has 0 unspecified atom stereocenters. The van der Waals surface area contributed by atoms with Crippen molar-refractivity contribution < 1.29 is 22.8 Å². The first-order chi connectivity index (χ1) is 15.9. The maximum absolute atomic E-state index is 13.3. The highest BCUT2D eigenvalue weighted by Crippen LogP contribution is 2.46. The Morgan fingerprint density at radius 1 is 1.15 bits per heavy atom. The molecule has 2 saturated heterocycles. The Morgan fingerprint density at radius 3 is 2.53 bits per heavy atom. The molecule has 3 aliphatic rings. The predicted molar refractivity (Wildman–Crippen MR) is 127 cm³/mol. The van der Waals surface area contributed by atoms with Crippen molar-refractivity contribution in [3.63, 3.8) is 0 Å². The molecule has 2 atom stereocenters. The Kier molecular flexibility index (Phi) is 6.50. The van der Waals surface area contributed by atoms with Crippen LogP contribution in [0.15, 0.2) is 29.2 Å². The monoisotopic (exact) mass is 490 g/mol. The smallest absolute Gasteiger partial charge is 0.324 e. The SMILES string of the molecule is C[C@@H]1CC(C)(C)C[C@@]2(C1)NC(=O)N(CC(=O)Nc1cccc(S(=O)(=O)N3CCCCC3)c1)C2=O. The Morgan fingerprint density at radius 2 is 1.85 bits per heavy atom. The van der Waals surface area contributed by atoms with Crippen LogP contribution in [0.4, 0.5) is 10.5 Å². The van der Waals surface area contributed by atoms with Gasteiger partial charge in [0, 0.05) is 18.8 Å². The minimum absolute atomic E-state index is 0.0981. The van der Waals surface area contributed by atoms with Gasteiger partial charge in [-0.15, -0.1) is 0 Å². The number of nitrogens with one attached hydrogen (secondary N) is 2. The van der Waals surface area contributed by atoms with Gasteiger partial charge in [0.15, 0.2) is 0 Å². The van der Waals surface area contributed by atoms with Crippen LogP contribution in [0.3, 0.4) is 0 Å². The average molecular weight is 491 g/mol. The van der Waals surface area contributed by atoms with E-state index in [4.69, 9.17) is 0 Å². The lowest BCUT2D eigenvalue weighted by molar-refractivity contribution is -0.136. The normalized spacial score (nSPS) is 27.6. The van der Waals surface area contributed by atoms with Crippen LogP contribution in [-0.4, -0.2) is 60.6 Å². The van der Waals surface area contributed by atoms with Crippen molar-refractivity contribution in [1.82, 2.24) is 14.5 Å². The van der Waals surface area contributed by atoms with Gasteiger partial charge in [-0.1, -0.05) is 33.3 Å². The summed E-state index contributed by atoms with van der Waals surface area (Å²) in [6, 6.07) is 5.52. The molecule has 1 spiro atoms. The van der Waals surface area contributed by atoms with Crippen molar-refractivity contribution in [3.05, 3.63) is 24.3 Å². The maximum Gasteiger partial charge on any atom is 0.325 e. The minimum atomic E-state index is -3.64. The summed E-state index contributed by atoms with van der Waals surface area (Å²) in [5.74, 6) is -0.656. The number of hydrogen-bond donors (Lipinski definition) is 2. The lowest BCUT2D eigenvalue weighted by Crippen LogP contribution is -2.54. The molecular weight excluding hydrogens is 456 g/mol. The number of imide groups is 1. The number of piperidine rings is 1.